The van der Waals surface area contributed by atoms with Gasteiger partial charge in [-0.05, 0) is 119 Å². The van der Waals surface area contributed by atoms with E-state index in [1.54, 1.807) is 0 Å². The zero-order valence-corrected chi connectivity index (χ0v) is 33.8. The molecule has 0 unspecified atom stereocenters. The smallest absolute Gasteiger partial charge is 0.260 e. The van der Waals surface area contributed by atoms with Gasteiger partial charge in [0.25, 0.3) is 6.71 Å². The maximum absolute atomic E-state index is 6.96. The molecule has 0 spiro atoms. The van der Waals surface area contributed by atoms with Crippen LogP contribution in [0.1, 0.15) is 50.3 Å². The predicted molar refractivity (Wildman–Crippen MR) is 248 cm³/mol. The molecule has 59 heavy (non-hydrogen) atoms. The van der Waals surface area contributed by atoms with Gasteiger partial charge in [0.2, 0.25) is 0 Å². The Morgan fingerprint density at radius 3 is 1.54 bits per heavy atom. The SMILES string of the molecule is CC(C)c1cc(-c2cc3c4c(c2)Oc2ccc(C(C)(C)c5ccccc5)cc2B4c2ccccc2O3)cc(-c2c3ccccc3c(-c3ccccc3)c3ccccc23)c1. The average molecular weight is 759 g/mol. The molecule has 3 heteroatoms. The van der Waals surface area contributed by atoms with Crippen molar-refractivity contribution >= 4 is 44.6 Å². The fourth-order valence-corrected chi connectivity index (χ4v) is 9.68. The van der Waals surface area contributed by atoms with E-state index in [-0.39, 0.29) is 12.1 Å². The van der Waals surface area contributed by atoms with Gasteiger partial charge in [-0.2, -0.15) is 0 Å². The Kier molecular flexibility index (Phi) is 8.17. The number of hydrogen-bond donors (Lipinski definition) is 0. The molecule has 0 aromatic heterocycles. The minimum Gasteiger partial charge on any atom is -0.458 e. The molecule has 0 aliphatic carbocycles. The van der Waals surface area contributed by atoms with E-state index in [0.717, 1.165) is 45.1 Å². The molecule has 282 valence electrons. The van der Waals surface area contributed by atoms with Crippen LogP contribution in [0, 0.1) is 0 Å². The lowest BCUT2D eigenvalue weighted by Crippen LogP contribution is -2.57. The highest BCUT2D eigenvalue weighted by molar-refractivity contribution is 6.98. The summed E-state index contributed by atoms with van der Waals surface area (Å²) in [6.07, 6.45) is 0. The Morgan fingerprint density at radius 1 is 0.407 bits per heavy atom. The Balaban J connectivity index is 1.10. The summed E-state index contributed by atoms with van der Waals surface area (Å²) in [4.78, 5) is 0. The van der Waals surface area contributed by atoms with Crippen molar-refractivity contribution in [3.05, 3.63) is 199 Å². The minimum absolute atomic E-state index is 0.0207. The first-order valence-electron chi connectivity index (χ1n) is 20.8. The first-order valence-corrected chi connectivity index (χ1v) is 20.8. The average Bonchev–Trinajstić information content (AvgIpc) is 3.28. The van der Waals surface area contributed by atoms with Crippen molar-refractivity contribution < 1.29 is 9.47 Å². The van der Waals surface area contributed by atoms with Crippen LogP contribution in [0.25, 0.3) is 54.9 Å². The summed E-state index contributed by atoms with van der Waals surface area (Å²) >= 11 is 0. The fraction of sp³-hybridized carbons (Fsp3) is 0.107. The lowest BCUT2D eigenvalue weighted by atomic mass is 9.34. The van der Waals surface area contributed by atoms with Crippen LogP contribution in [0.4, 0.5) is 0 Å². The monoisotopic (exact) mass is 758 g/mol. The van der Waals surface area contributed by atoms with E-state index < -0.39 is 0 Å². The van der Waals surface area contributed by atoms with Gasteiger partial charge in [0, 0.05) is 10.9 Å². The molecule has 2 heterocycles. The molecule has 0 radical (unpaired) electrons. The van der Waals surface area contributed by atoms with Gasteiger partial charge < -0.3 is 9.47 Å². The standard InChI is InChI=1S/C56H43BO2/c1-35(2)37-29-38(31-40(30-37)54-45-23-13-11-21-43(45)53(36-17-7-5-8-18-36)44-22-12-14-24-46(44)54)39-32-51-55-52(33-39)59-50-28-27-42(56(3,4)41-19-9-6-10-20-41)34-48(50)57(55)47-25-15-16-26-49(47)58-51/h5-35H,1-4H3. The minimum atomic E-state index is -0.189. The summed E-state index contributed by atoms with van der Waals surface area (Å²) in [6, 6.07) is 66.3. The highest BCUT2D eigenvalue weighted by Crippen LogP contribution is 2.46. The third-order valence-corrected chi connectivity index (χ3v) is 12.8. The Bertz CT molecular complexity index is 3030. The number of benzene rings is 9. The van der Waals surface area contributed by atoms with Crippen LogP contribution in [0.5, 0.6) is 23.0 Å². The Labute approximate surface area is 346 Å². The lowest BCUT2D eigenvalue weighted by molar-refractivity contribution is 0.464. The van der Waals surface area contributed by atoms with Crippen molar-refractivity contribution in [1.82, 2.24) is 0 Å². The van der Waals surface area contributed by atoms with Crippen LogP contribution in [0.3, 0.4) is 0 Å². The number of ether oxygens (including phenoxy) is 2. The third-order valence-electron chi connectivity index (χ3n) is 12.8. The zero-order chi connectivity index (χ0) is 39.8. The molecule has 0 bridgehead atoms. The van der Waals surface area contributed by atoms with Gasteiger partial charge in [0.15, 0.2) is 0 Å². The summed E-state index contributed by atoms with van der Waals surface area (Å²) in [7, 11) is 0. The molecule has 9 aromatic carbocycles. The zero-order valence-electron chi connectivity index (χ0n) is 33.8. The summed E-state index contributed by atoms with van der Waals surface area (Å²) in [5.41, 5.74) is 14.2. The van der Waals surface area contributed by atoms with Gasteiger partial charge in [-0.1, -0.05) is 179 Å². The van der Waals surface area contributed by atoms with Gasteiger partial charge in [0.05, 0.1) is 0 Å². The van der Waals surface area contributed by atoms with Gasteiger partial charge in [-0.25, -0.2) is 0 Å². The van der Waals surface area contributed by atoms with Crippen molar-refractivity contribution in [2.45, 2.75) is 39.0 Å². The molecule has 2 aliphatic heterocycles. The predicted octanol–water partition coefficient (Wildman–Crippen LogP) is 13.2. The van der Waals surface area contributed by atoms with Crippen LogP contribution < -0.4 is 25.9 Å². The molecule has 2 nitrogen and oxygen atoms in total. The number of fused-ring (bicyclic) bond motifs is 6. The molecule has 0 saturated heterocycles. The quantitative estimate of drug-likeness (QED) is 0.124. The molecular weight excluding hydrogens is 715 g/mol. The highest BCUT2D eigenvalue weighted by Gasteiger charge is 2.41. The second kappa shape index (κ2) is 13.6. The highest BCUT2D eigenvalue weighted by atomic mass is 16.5. The summed E-state index contributed by atoms with van der Waals surface area (Å²) in [5.74, 6) is 3.79. The van der Waals surface area contributed by atoms with Crippen molar-refractivity contribution in [1.29, 1.82) is 0 Å². The normalized spacial score (nSPS) is 12.8. The van der Waals surface area contributed by atoms with Crippen LogP contribution in [-0.4, -0.2) is 6.71 Å². The third kappa shape index (κ3) is 5.71. The van der Waals surface area contributed by atoms with Gasteiger partial charge >= 0.3 is 0 Å². The van der Waals surface area contributed by atoms with E-state index in [0.29, 0.717) is 5.92 Å². The summed E-state index contributed by atoms with van der Waals surface area (Å²) in [5, 5.41) is 5.00. The molecule has 0 fully saturated rings. The van der Waals surface area contributed by atoms with Crippen LogP contribution in [0.2, 0.25) is 0 Å². The van der Waals surface area contributed by atoms with Crippen molar-refractivity contribution in [2.75, 3.05) is 0 Å². The van der Waals surface area contributed by atoms with Crippen molar-refractivity contribution in [2.24, 2.45) is 0 Å². The van der Waals surface area contributed by atoms with E-state index in [1.165, 1.54) is 66.0 Å². The van der Waals surface area contributed by atoms with E-state index in [2.05, 4.69) is 210 Å². The Hall–Kier alpha value is -6.84. The summed E-state index contributed by atoms with van der Waals surface area (Å²) in [6.45, 7) is 9.16. The number of rotatable bonds is 6. The molecule has 0 N–H and O–H groups in total. The van der Waals surface area contributed by atoms with Crippen LogP contribution in [-0.2, 0) is 5.41 Å². The second-order valence-electron chi connectivity index (χ2n) is 17.0. The van der Waals surface area contributed by atoms with Crippen molar-refractivity contribution in [3.63, 3.8) is 0 Å². The maximum atomic E-state index is 6.96. The topological polar surface area (TPSA) is 18.5 Å². The molecule has 11 rings (SSSR count). The fourth-order valence-electron chi connectivity index (χ4n) is 9.68. The molecule has 0 atom stereocenters. The number of hydrogen-bond acceptors (Lipinski definition) is 2. The van der Waals surface area contributed by atoms with E-state index in [9.17, 15) is 0 Å². The number of para-hydroxylation sites is 1. The summed E-state index contributed by atoms with van der Waals surface area (Å²) < 4.78 is 13.8. The molecule has 9 aromatic rings. The first-order chi connectivity index (χ1) is 28.8. The van der Waals surface area contributed by atoms with E-state index in [4.69, 9.17) is 9.47 Å². The van der Waals surface area contributed by atoms with Gasteiger partial charge in [-0.15, -0.1) is 0 Å². The van der Waals surface area contributed by atoms with E-state index in [1.807, 2.05) is 0 Å². The Morgan fingerprint density at radius 2 is 0.915 bits per heavy atom. The molecule has 2 aliphatic rings. The largest absolute Gasteiger partial charge is 0.458 e. The van der Waals surface area contributed by atoms with Crippen molar-refractivity contribution in [3.8, 4) is 56.4 Å². The lowest BCUT2D eigenvalue weighted by Gasteiger charge is -2.35. The second-order valence-corrected chi connectivity index (χ2v) is 17.0. The molecule has 0 saturated carbocycles. The van der Waals surface area contributed by atoms with Gasteiger partial charge in [0.1, 0.15) is 23.0 Å². The van der Waals surface area contributed by atoms with Crippen LogP contribution >= 0.6 is 0 Å². The molecular formula is C56H43BO2. The first kappa shape index (κ1) is 35.3. The van der Waals surface area contributed by atoms with E-state index >= 15 is 0 Å². The maximum Gasteiger partial charge on any atom is 0.260 e. The molecule has 0 amide bonds. The van der Waals surface area contributed by atoms with Gasteiger partial charge in [-0.3, -0.25) is 0 Å². The van der Waals surface area contributed by atoms with Crippen LogP contribution in [0.15, 0.2) is 182 Å².